The Kier molecular flexibility index (Phi) is 8.34. The molecule has 0 atom stereocenters. The maximum Gasteiger partial charge on any atom is 0.358 e. The average molecular weight is 521 g/mol. The molecule has 3 amide bonds. The number of aromatic carboxylic acids is 1. The summed E-state index contributed by atoms with van der Waals surface area (Å²) in [5, 5.41) is 17.9. The lowest BCUT2D eigenvalue weighted by Crippen LogP contribution is -2.37. The fourth-order valence-electron chi connectivity index (χ4n) is 3.82. The van der Waals surface area contributed by atoms with Gasteiger partial charge < -0.3 is 35.4 Å². The van der Waals surface area contributed by atoms with E-state index >= 15 is 0 Å². The summed E-state index contributed by atoms with van der Waals surface area (Å²) in [6.07, 6.45) is 0. The van der Waals surface area contributed by atoms with Gasteiger partial charge in [0, 0.05) is 42.6 Å². The number of hydrogen-bond donors (Lipinski definition) is 4. The summed E-state index contributed by atoms with van der Waals surface area (Å²) < 4.78 is 11.1. The van der Waals surface area contributed by atoms with Crippen molar-refractivity contribution in [2.75, 3.05) is 53.8 Å². The lowest BCUT2D eigenvalue weighted by Gasteiger charge is -2.29. The minimum absolute atomic E-state index is 0.130. The number of nitrogens with zero attached hydrogens (tertiary/aromatic N) is 3. The molecule has 0 spiro atoms. The third-order valence-electron chi connectivity index (χ3n) is 5.51. The predicted molar refractivity (Wildman–Crippen MR) is 142 cm³/mol. The summed E-state index contributed by atoms with van der Waals surface area (Å²) >= 11 is 0. The Morgan fingerprint density at radius 1 is 0.921 bits per heavy atom. The lowest BCUT2D eigenvalue weighted by molar-refractivity contribution is -0.114. The van der Waals surface area contributed by atoms with Gasteiger partial charge in [-0.3, -0.25) is 4.79 Å². The zero-order valence-corrected chi connectivity index (χ0v) is 21.0. The van der Waals surface area contributed by atoms with Crippen LogP contribution in [0.25, 0.3) is 11.4 Å². The van der Waals surface area contributed by atoms with Crippen molar-refractivity contribution in [1.82, 2.24) is 9.97 Å². The highest BCUT2D eigenvalue weighted by Gasteiger charge is 2.26. The highest BCUT2D eigenvalue weighted by molar-refractivity contribution is 6.00. The van der Waals surface area contributed by atoms with Crippen LogP contribution in [0, 0.1) is 0 Å². The number of amides is 3. The fourth-order valence-corrected chi connectivity index (χ4v) is 3.82. The third-order valence-corrected chi connectivity index (χ3v) is 5.51. The van der Waals surface area contributed by atoms with Gasteiger partial charge in [-0.1, -0.05) is 0 Å². The SMILES string of the molecule is CCOc1c(C(=O)O)nc(-c2ccc(NC(=O)Nc3ccc(NC(C)=O)cc3)cc2)nc1N1CCOCC1. The molecule has 12 heteroatoms. The molecule has 1 aliphatic rings. The van der Waals surface area contributed by atoms with Crippen LogP contribution in [0.5, 0.6) is 5.75 Å². The van der Waals surface area contributed by atoms with Gasteiger partial charge in [0.2, 0.25) is 5.91 Å². The summed E-state index contributed by atoms with van der Waals surface area (Å²) in [6, 6.07) is 13.0. The van der Waals surface area contributed by atoms with E-state index in [1.54, 1.807) is 55.5 Å². The van der Waals surface area contributed by atoms with Crippen molar-refractivity contribution >= 4 is 40.8 Å². The van der Waals surface area contributed by atoms with Crippen LogP contribution >= 0.6 is 0 Å². The Labute approximate surface area is 219 Å². The molecule has 3 aromatic rings. The van der Waals surface area contributed by atoms with E-state index < -0.39 is 12.0 Å². The second kappa shape index (κ2) is 12.0. The Morgan fingerprint density at radius 3 is 2.00 bits per heavy atom. The first-order valence-electron chi connectivity index (χ1n) is 12.0. The molecule has 38 heavy (non-hydrogen) atoms. The number of carboxylic acids is 1. The van der Waals surface area contributed by atoms with Gasteiger partial charge in [-0.25, -0.2) is 19.6 Å². The zero-order valence-electron chi connectivity index (χ0n) is 21.0. The monoisotopic (exact) mass is 520 g/mol. The molecule has 198 valence electrons. The molecule has 1 saturated heterocycles. The number of ether oxygens (including phenoxy) is 2. The summed E-state index contributed by atoms with van der Waals surface area (Å²) in [5.41, 5.74) is 2.04. The number of carbonyl (C=O) groups excluding carboxylic acids is 2. The van der Waals surface area contributed by atoms with Gasteiger partial charge in [0.1, 0.15) is 0 Å². The Bertz CT molecular complexity index is 1310. The normalized spacial score (nSPS) is 12.9. The second-order valence-corrected chi connectivity index (χ2v) is 8.30. The molecule has 1 aromatic heterocycles. The number of rotatable bonds is 8. The maximum absolute atomic E-state index is 12.4. The van der Waals surface area contributed by atoms with Crippen molar-refractivity contribution in [3.63, 3.8) is 0 Å². The summed E-state index contributed by atoms with van der Waals surface area (Å²) in [5.74, 6) is -0.636. The number of hydrogen-bond acceptors (Lipinski definition) is 8. The first-order valence-corrected chi connectivity index (χ1v) is 12.0. The largest absolute Gasteiger partial charge is 0.488 e. The average Bonchev–Trinajstić information content (AvgIpc) is 2.90. The molecule has 1 aliphatic heterocycles. The number of benzene rings is 2. The van der Waals surface area contributed by atoms with Crippen LogP contribution in [0.3, 0.4) is 0 Å². The Balaban J connectivity index is 1.51. The molecule has 2 aromatic carbocycles. The molecule has 0 aliphatic carbocycles. The van der Waals surface area contributed by atoms with Crippen molar-refractivity contribution in [2.45, 2.75) is 13.8 Å². The fraction of sp³-hybridized carbons (Fsp3) is 0.269. The van der Waals surface area contributed by atoms with Crippen molar-refractivity contribution in [3.05, 3.63) is 54.2 Å². The van der Waals surface area contributed by atoms with Gasteiger partial charge in [0.05, 0.1) is 19.8 Å². The van der Waals surface area contributed by atoms with Crippen LogP contribution in [-0.2, 0) is 9.53 Å². The molecule has 4 rings (SSSR count). The van der Waals surface area contributed by atoms with Crippen LogP contribution in [0.4, 0.5) is 27.7 Å². The quantitative estimate of drug-likeness (QED) is 0.348. The molecule has 0 radical (unpaired) electrons. The van der Waals surface area contributed by atoms with Gasteiger partial charge in [0.15, 0.2) is 23.1 Å². The molecular weight excluding hydrogens is 492 g/mol. The van der Waals surface area contributed by atoms with E-state index in [9.17, 15) is 19.5 Å². The molecule has 1 fully saturated rings. The highest BCUT2D eigenvalue weighted by Crippen LogP contribution is 2.33. The number of carboxylic acid groups (broad SMARTS) is 1. The van der Waals surface area contributed by atoms with Crippen LogP contribution < -0.4 is 25.6 Å². The molecular formula is C26H28N6O6. The smallest absolute Gasteiger partial charge is 0.358 e. The van der Waals surface area contributed by atoms with Gasteiger partial charge in [0.25, 0.3) is 0 Å². The summed E-state index contributed by atoms with van der Waals surface area (Å²) in [7, 11) is 0. The standard InChI is InChI=1S/C26H28N6O6/c1-3-38-22-21(25(34)35)30-23(31-24(22)32-12-14-37-15-13-32)17-4-6-19(7-5-17)28-26(36)29-20-10-8-18(9-11-20)27-16(2)33/h4-11H,3,12-15H2,1-2H3,(H,27,33)(H,34,35)(H2,28,29,36). The minimum Gasteiger partial charge on any atom is -0.488 e. The van der Waals surface area contributed by atoms with Crippen molar-refractivity contribution in [1.29, 1.82) is 0 Å². The molecule has 4 N–H and O–H groups in total. The minimum atomic E-state index is -1.22. The van der Waals surface area contributed by atoms with E-state index in [1.165, 1.54) is 6.92 Å². The Hall–Kier alpha value is -4.71. The van der Waals surface area contributed by atoms with Gasteiger partial charge in [-0.05, 0) is 55.5 Å². The summed E-state index contributed by atoms with van der Waals surface area (Å²) in [4.78, 5) is 46.4. The van der Waals surface area contributed by atoms with E-state index in [-0.39, 0.29) is 29.8 Å². The molecule has 12 nitrogen and oxygen atoms in total. The maximum atomic E-state index is 12.4. The zero-order chi connectivity index (χ0) is 27.1. The number of carbonyl (C=O) groups is 3. The molecule has 2 heterocycles. The topological polar surface area (TPSA) is 155 Å². The van der Waals surface area contributed by atoms with E-state index in [0.717, 1.165) is 0 Å². The van der Waals surface area contributed by atoms with Crippen LogP contribution in [0.2, 0.25) is 0 Å². The molecule has 0 bridgehead atoms. The molecule has 0 saturated carbocycles. The van der Waals surface area contributed by atoms with Crippen molar-refractivity contribution in [2.24, 2.45) is 0 Å². The third kappa shape index (κ3) is 6.53. The number of aromatic nitrogens is 2. The Morgan fingerprint density at radius 2 is 1.47 bits per heavy atom. The van der Waals surface area contributed by atoms with Crippen molar-refractivity contribution < 1.29 is 29.0 Å². The highest BCUT2D eigenvalue weighted by atomic mass is 16.5. The number of morpholine rings is 1. The van der Waals surface area contributed by atoms with E-state index in [2.05, 4.69) is 25.9 Å². The van der Waals surface area contributed by atoms with Gasteiger partial charge >= 0.3 is 12.0 Å². The number of anilines is 4. The number of urea groups is 1. The van der Waals surface area contributed by atoms with E-state index in [4.69, 9.17) is 9.47 Å². The van der Waals surface area contributed by atoms with Gasteiger partial charge in [-0.15, -0.1) is 0 Å². The van der Waals surface area contributed by atoms with E-state index in [1.807, 2.05) is 4.90 Å². The van der Waals surface area contributed by atoms with Crippen LogP contribution in [0.1, 0.15) is 24.3 Å². The lowest BCUT2D eigenvalue weighted by atomic mass is 10.2. The van der Waals surface area contributed by atoms with Gasteiger partial charge in [-0.2, -0.15) is 0 Å². The van der Waals surface area contributed by atoms with Crippen LogP contribution in [0.15, 0.2) is 48.5 Å². The summed E-state index contributed by atoms with van der Waals surface area (Å²) in [6.45, 7) is 5.53. The predicted octanol–water partition coefficient (Wildman–Crippen LogP) is 3.68. The number of nitrogens with one attached hydrogen (secondary N) is 3. The van der Waals surface area contributed by atoms with Crippen LogP contribution in [-0.4, -0.2) is 65.9 Å². The first kappa shape index (κ1) is 26.4. The molecule has 0 unspecified atom stereocenters. The first-order chi connectivity index (χ1) is 18.3. The van der Waals surface area contributed by atoms with E-state index in [0.29, 0.717) is 54.7 Å². The second-order valence-electron chi connectivity index (χ2n) is 8.30. The van der Waals surface area contributed by atoms with Crippen molar-refractivity contribution in [3.8, 4) is 17.1 Å².